The highest BCUT2D eigenvalue weighted by Gasteiger charge is 2.11. The van der Waals surface area contributed by atoms with E-state index in [9.17, 15) is 8.42 Å². The van der Waals surface area contributed by atoms with Gasteiger partial charge >= 0.3 is 10.4 Å². The summed E-state index contributed by atoms with van der Waals surface area (Å²) in [5, 5.41) is 0. The van der Waals surface area contributed by atoms with Crippen LogP contribution < -0.4 is 0 Å². The summed E-state index contributed by atoms with van der Waals surface area (Å²) in [6.45, 7) is 3.82. The maximum Gasteiger partial charge on any atom is 0.397 e. The summed E-state index contributed by atoms with van der Waals surface area (Å²) in [6.07, 6.45) is 7.20. The van der Waals surface area contributed by atoms with Crippen LogP contribution in [0, 0.1) is 0 Å². The summed E-state index contributed by atoms with van der Waals surface area (Å²) < 4.78 is 33.5. The van der Waals surface area contributed by atoms with Crippen LogP contribution in [0.15, 0.2) is 0 Å². The normalized spacial score (nSPS) is 14.1. The van der Waals surface area contributed by atoms with Crippen molar-refractivity contribution in [3.05, 3.63) is 0 Å². The Balaban J connectivity index is 3.36. The van der Waals surface area contributed by atoms with Crippen molar-refractivity contribution in [2.45, 2.75) is 64.9 Å². The molecule has 0 aromatic heterocycles. The van der Waals surface area contributed by atoms with Crippen molar-refractivity contribution in [1.29, 1.82) is 0 Å². The lowest BCUT2D eigenvalue weighted by Crippen LogP contribution is -2.14. The predicted molar refractivity (Wildman–Crippen MR) is 60.1 cm³/mol. The average Bonchev–Trinajstić information content (AvgIpc) is 2.08. The second-order valence-corrected chi connectivity index (χ2v) is 4.94. The van der Waals surface area contributed by atoms with Gasteiger partial charge in [0.25, 0.3) is 0 Å². The molecule has 92 valence electrons. The number of hydrogen-bond acceptors (Lipinski definition) is 3. The molecule has 0 spiro atoms. The van der Waals surface area contributed by atoms with E-state index in [1.807, 2.05) is 0 Å². The first kappa shape index (κ1) is 14.9. The van der Waals surface area contributed by atoms with Gasteiger partial charge in [-0.1, -0.05) is 45.4 Å². The first-order valence-corrected chi connectivity index (χ1v) is 6.98. The summed E-state index contributed by atoms with van der Waals surface area (Å²) in [7, 11) is -4.27. The zero-order valence-corrected chi connectivity index (χ0v) is 10.4. The average molecular weight is 238 g/mol. The highest BCUT2D eigenvalue weighted by molar-refractivity contribution is 7.80. The van der Waals surface area contributed by atoms with Gasteiger partial charge in [0, 0.05) is 0 Å². The van der Waals surface area contributed by atoms with E-state index in [2.05, 4.69) is 11.1 Å². The van der Waals surface area contributed by atoms with Crippen molar-refractivity contribution in [3.8, 4) is 0 Å². The Labute approximate surface area is 93.0 Å². The summed E-state index contributed by atoms with van der Waals surface area (Å²) in [6, 6.07) is 0. The van der Waals surface area contributed by atoms with Crippen molar-refractivity contribution in [1.82, 2.24) is 0 Å². The maximum absolute atomic E-state index is 10.3. The molecule has 0 heterocycles. The standard InChI is InChI=1S/C10H22O4S/c1-3-4-5-6-7-8-9-10(2)14-15(11,12)13/h10H,3-9H2,1-2H3,(H,11,12,13)/t10-/m1/s1. The van der Waals surface area contributed by atoms with E-state index in [-0.39, 0.29) is 0 Å². The lowest BCUT2D eigenvalue weighted by molar-refractivity contribution is 0.185. The van der Waals surface area contributed by atoms with Crippen LogP contribution in [-0.2, 0) is 14.6 Å². The van der Waals surface area contributed by atoms with Crippen LogP contribution in [-0.4, -0.2) is 19.1 Å². The molecular weight excluding hydrogens is 216 g/mol. The maximum atomic E-state index is 10.3. The molecule has 1 atom stereocenters. The predicted octanol–water partition coefficient (Wildman–Crippen LogP) is 2.94. The number of hydrogen-bond donors (Lipinski definition) is 1. The summed E-state index contributed by atoms with van der Waals surface area (Å²) >= 11 is 0. The molecule has 0 fully saturated rings. The van der Waals surface area contributed by atoms with E-state index in [1.54, 1.807) is 6.92 Å². The van der Waals surface area contributed by atoms with Gasteiger partial charge in [-0.15, -0.1) is 0 Å². The van der Waals surface area contributed by atoms with Gasteiger partial charge in [0.2, 0.25) is 0 Å². The summed E-state index contributed by atoms with van der Waals surface area (Å²) in [5.41, 5.74) is 0. The Morgan fingerprint density at radius 1 is 1.13 bits per heavy atom. The van der Waals surface area contributed by atoms with Crippen molar-refractivity contribution < 1.29 is 17.2 Å². The zero-order chi connectivity index (χ0) is 11.7. The van der Waals surface area contributed by atoms with Gasteiger partial charge in [-0.05, 0) is 13.3 Å². The summed E-state index contributed by atoms with van der Waals surface area (Å²) in [5.74, 6) is 0. The third-order valence-corrected chi connectivity index (χ3v) is 2.82. The molecule has 0 amide bonds. The van der Waals surface area contributed by atoms with Crippen molar-refractivity contribution in [2.24, 2.45) is 0 Å². The van der Waals surface area contributed by atoms with Crippen molar-refractivity contribution in [2.75, 3.05) is 0 Å². The molecule has 0 bridgehead atoms. The molecule has 0 aromatic carbocycles. The van der Waals surface area contributed by atoms with Crippen LogP contribution >= 0.6 is 0 Å². The van der Waals surface area contributed by atoms with Crippen molar-refractivity contribution >= 4 is 10.4 Å². The number of rotatable bonds is 9. The second-order valence-electron chi connectivity index (χ2n) is 3.89. The van der Waals surface area contributed by atoms with Crippen molar-refractivity contribution in [3.63, 3.8) is 0 Å². The van der Waals surface area contributed by atoms with Gasteiger partial charge in [0.1, 0.15) is 0 Å². The van der Waals surface area contributed by atoms with Gasteiger partial charge in [0.05, 0.1) is 6.10 Å². The third kappa shape index (κ3) is 11.8. The molecule has 5 heteroatoms. The fraction of sp³-hybridized carbons (Fsp3) is 1.00. The second kappa shape index (κ2) is 8.07. The van der Waals surface area contributed by atoms with Crippen LogP contribution in [0.2, 0.25) is 0 Å². The molecule has 0 rings (SSSR count). The summed E-state index contributed by atoms with van der Waals surface area (Å²) in [4.78, 5) is 0. The zero-order valence-electron chi connectivity index (χ0n) is 9.61. The Morgan fingerprint density at radius 3 is 2.20 bits per heavy atom. The largest absolute Gasteiger partial charge is 0.397 e. The van der Waals surface area contributed by atoms with Gasteiger partial charge in [-0.25, -0.2) is 4.18 Å². The lowest BCUT2D eigenvalue weighted by atomic mass is 10.1. The van der Waals surface area contributed by atoms with Gasteiger partial charge in [0.15, 0.2) is 0 Å². The minimum Gasteiger partial charge on any atom is -0.264 e. The quantitative estimate of drug-likeness (QED) is 0.495. The van der Waals surface area contributed by atoms with Gasteiger partial charge in [-0.2, -0.15) is 8.42 Å². The molecule has 0 aliphatic heterocycles. The fourth-order valence-electron chi connectivity index (χ4n) is 1.47. The highest BCUT2D eigenvalue weighted by atomic mass is 32.3. The molecule has 0 saturated heterocycles. The topological polar surface area (TPSA) is 63.6 Å². The first-order chi connectivity index (χ1) is 6.95. The van der Waals surface area contributed by atoms with Gasteiger partial charge in [-0.3, -0.25) is 4.55 Å². The molecule has 0 aliphatic carbocycles. The molecule has 0 aliphatic rings. The molecule has 0 saturated carbocycles. The minimum absolute atomic E-state index is 0.425. The van der Waals surface area contributed by atoms with Crippen LogP contribution in [0.5, 0.6) is 0 Å². The van der Waals surface area contributed by atoms with Crippen LogP contribution in [0.3, 0.4) is 0 Å². The Hall–Kier alpha value is -0.130. The van der Waals surface area contributed by atoms with E-state index in [4.69, 9.17) is 4.55 Å². The van der Waals surface area contributed by atoms with Crippen LogP contribution in [0.1, 0.15) is 58.8 Å². The molecule has 15 heavy (non-hydrogen) atoms. The fourth-order valence-corrected chi connectivity index (χ4v) is 1.98. The van der Waals surface area contributed by atoms with E-state index >= 15 is 0 Å². The number of unbranched alkanes of at least 4 members (excludes halogenated alkanes) is 5. The molecular formula is C10H22O4S. The molecule has 0 radical (unpaired) electrons. The molecule has 1 N–H and O–H groups in total. The monoisotopic (exact) mass is 238 g/mol. The Bertz CT molecular complexity index is 236. The van der Waals surface area contributed by atoms with E-state index < -0.39 is 16.5 Å². The Kier molecular flexibility index (Phi) is 8.00. The molecule has 0 aromatic rings. The smallest absolute Gasteiger partial charge is 0.264 e. The van der Waals surface area contributed by atoms with Crippen LogP contribution in [0.25, 0.3) is 0 Å². The molecule has 4 nitrogen and oxygen atoms in total. The molecule has 0 unspecified atom stereocenters. The minimum atomic E-state index is -4.27. The van der Waals surface area contributed by atoms with E-state index in [0.717, 1.165) is 12.8 Å². The first-order valence-electron chi connectivity index (χ1n) is 5.61. The lowest BCUT2D eigenvalue weighted by Gasteiger charge is -2.09. The van der Waals surface area contributed by atoms with E-state index in [1.165, 1.54) is 25.7 Å². The van der Waals surface area contributed by atoms with E-state index in [0.29, 0.717) is 6.42 Å². The third-order valence-electron chi connectivity index (χ3n) is 2.25. The highest BCUT2D eigenvalue weighted by Crippen LogP contribution is 2.11. The Morgan fingerprint density at radius 2 is 1.67 bits per heavy atom. The van der Waals surface area contributed by atoms with Gasteiger partial charge < -0.3 is 0 Å². The SMILES string of the molecule is CCCCCCCC[C@@H](C)OS(=O)(=O)O. The van der Waals surface area contributed by atoms with Crippen LogP contribution in [0.4, 0.5) is 0 Å².